The van der Waals surface area contributed by atoms with Crippen LogP contribution in [0.3, 0.4) is 0 Å². The molecular formula is C29H31N3O4S. The summed E-state index contributed by atoms with van der Waals surface area (Å²) in [6.45, 7) is 0.749. The van der Waals surface area contributed by atoms with E-state index in [1.165, 1.54) is 0 Å². The van der Waals surface area contributed by atoms with E-state index in [-0.39, 0.29) is 30.5 Å². The number of para-hydroxylation sites is 1. The maximum absolute atomic E-state index is 12.8. The van der Waals surface area contributed by atoms with Gasteiger partial charge in [-0.05, 0) is 41.9 Å². The number of carbonyl (C=O) groups is 3. The second-order valence-electron chi connectivity index (χ2n) is 8.38. The Balaban J connectivity index is 1.44. The van der Waals surface area contributed by atoms with Gasteiger partial charge in [0.2, 0.25) is 5.91 Å². The first-order chi connectivity index (χ1) is 17.9. The van der Waals surface area contributed by atoms with Gasteiger partial charge >= 0.3 is 5.97 Å². The van der Waals surface area contributed by atoms with E-state index in [4.69, 9.17) is 17.0 Å². The van der Waals surface area contributed by atoms with E-state index in [0.29, 0.717) is 30.6 Å². The first kappa shape index (κ1) is 27.5. The maximum atomic E-state index is 12.8. The number of nitrogens with one attached hydrogen (secondary N) is 2. The van der Waals surface area contributed by atoms with Gasteiger partial charge < -0.3 is 20.3 Å². The van der Waals surface area contributed by atoms with Crippen LogP contribution in [-0.2, 0) is 27.2 Å². The first-order valence-corrected chi connectivity index (χ1v) is 12.5. The fraction of sp³-hybridized carbons (Fsp3) is 0.241. The van der Waals surface area contributed by atoms with Gasteiger partial charge in [-0.25, -0.2) is 0 Å². The van der Waals surface area contributed by atoms with E-state index in [1.54, 1.807) is 36.2 Å². The molecule has 3 aromatic rings. The number of esters is 1. The summed E-state index contributed by atoms with van der Waals surface area (Å²) in [6.07, 6.45) is 1.23. The van der Waals surface area contributed by atoms with E-state index < -0.39 is 11.9 Å². The van der Waals surface area contributed by atoms with Crippen LogP contribution in [0.4, 0.5) is 5.69 Å². The molecule has 2 amide bonds. The molecule has 2 N–H and O–H groups in total. The number of hydrogen-bond acceptors (Lipinski definition) is 5. The summed E-state index contributed by atoms with van der Waals surface area (Å²) < 4.78 is 5.21. The number of ether oxygens (including phenoxy) is 1. The number of anilines is 1. The molecule has 0 aromatic heterocycles. The van der Waals surface area contributed by atoms with Gasteiger partial charge in [0.15, 0.2) is 5.11 Å². The largest absolute Gasteiger partial charge is 0.465 e. The Kier molecular flexibility index (Phi) is 10.8. The predicted molar refractivity (Wildman–Crippen MR) is 148 cm³/mol. The minimum Gasteiger partial charge on any atom is -0.465 e. The van der Waals surface area contributed by atoms with Crippen LogP contribution in [0.1, 0.15) is 34.3 Å². The molecule has 0 fully saturated rings. The van der Waals surface area contributed by atoms with E-state index in [9.17, 15) is 14.4 Å². The molecule has 0 aliphatic heterocycles. The summed E-state index contributed by atoms with van der Waals surface area (Å²) in [5, 5.41) is 5.69. The Morgan fingerprint density at radius 2 is 1.41 bits per heavy atom. The van der Waals surface area contributed by atoms with E-state index in [2.05, 4.69) is 10.6 Å². The monoisotopic (exact) mass is 517 g/mol. The zero-order valence-corrected chi connectivity index (χ0v) is 21.6. The van der Waals surface area contributed by atoms with Crippen molar-refractivity contribution in [1.29, 1.82) is 0 Å². The lowest BCUT2D eigenvalue weighted by Crippen LogP contribution is -2.41. The normalized spacial score (nSPS) is 10.3. The van der Waals surface area contributed by atoms with Gasteiger partial charge in [0.25, 0.3) is 5.91 Å². The zero-order chi connectivity index (χ0) is 26.5. The SMILES string of the molecule is CN(C(=S)NC(=O)CCC(=O)OCCc1ccccc1)c1ccccc1C(=O)NCCc1ccccc1. The summed E-state index contributed by atoms with van der Waals surface area (Å²) >= 11 is 5.38. The quantitative estimate of drug-likeness (QED) is 0.295. The van der Waals surface area contributed by atoms with Crippen molar-refractivity contribution >= 4 is 40.8 Å². The number of hydrogen-bond donors (Lipinski definition) is 2. The minimum absolute atomic E-state index is 0.0483. The van der Waals surface area contributed by atoms with Gasteiger partial charge in [0.1, 0.15) is 0 Å². The van der Waals surface area contributed by atoms with Crippen LogP contribution in [0.15, 0.2) is 84.9 Å². The Morgan fingerprint density at radius 3 is 2.08 bits per heavy atom. The highest BCUT2D eigenvalue weighted by molar-refractivity contribution is 7.80. The van der Waals surface area contributed by atoms with E-state index in [1.807, 2.05) is 60.7 Å². The Hall–Kier alpha value is -4.04. The number of thiocarbonyl (C=S) groups is 1. The first-order valence-electron chi connectivity index (χ1n) is 12.1. The summed E-state index contributed by atoms with van der Waals surface area (Å²) in [5.41, 5.74) is 3.21. The van der Waals surface area contributed by atoms with Crippen molar-refractivity contribution in [1.82, 2.24) is 10.6 Å². The molecule has 0 aliphatic rings. The Morgan fingerprint density at radius 1 is 0.811 bits per heavy atom. The molecule has 0 spiro atoms. The third kappa shape index (κ3) is 9.16. The van der Waals surface area contributed by atoms with Crippen molar-refractivity contribution in [3.8, 4) is 0 Å². The molecule has 37 heavy (non-hydrogen) atoms. The van der Waals surface area contributed by atoms with Crippen LogP contribution < -0.4 is 15.5 Å². The summed E-state index contributed by atoms with van der Waals surface area (Å²) in [4.78, 5) is 38.8. The number of nitrogens with zero attached hydrogens (tertiary/aromatic N) is 1. The molecule has 0 heterocycles. The Labute approximate surface area is 222 Å². The molecule has 0 radical (unpaired) electrons. The molecule has 0 aliphatic carbocycles. The van der Waals surface area contributed by atoms with Crippen molar-refractivity contribution in [2.45, 2.75) is 25.7 Å². The lowest BCUT2D eigenvalue weighted by atomic mass is 10.1. The van der Waals surface area contributed by atoms with Gasteiger partial charge in [-0.2, -0.15) is 0 Å². The molecule has 3 aromatic carbocycles. The molecule has 0 atom stereocenters. The Bertz CT molecular complexity index is 1200. The number of carbonyl (C=O) groups excluding carboxylic acids is 3. The van der Waals surface area contributed by atoms with Crippen molar-refractivity contribution in [3.05, 3.63) is 102 Å². The second kappa shape index (κ2) is 14.5. The fourth-order valence-corrected chi connectivity index (χ4v) is 3.82. The molecular weight excluding hydrogens is 486 g/mol. The molecule has 192 valence electrons. The van der Waals surface area contributed by atoms with Crippen LogP contribution in [0.25, 0.3) is 0 Å². The summed E-state index contributed by atoms with van der Waals surface area (Å²) in [5.74, 6) is -1.07. The minimum atomic E-state index is -0.442. The average molecular weight is 518 g/mol. The fourth-order valence-electron chi connectivity index (χ4n) is 3.61. The van der Waals surface area contributed by atoms with Crippen molar-refractivity contribution in [2.75, 3.05) is 25.1 Å². The molecule has 0 saturated heterocycles. The van der Waals surface area contributed by atoms with Crippen LogP contribution in [0.2, 0.25) is 0 Å². The second-order valence-corrected chi connectivity index (χ2v) is 8.76. The lowest BCUT2D eigenvalue weighted by Gasteiger charge is -2.23. The number of benzene rings is 3. The molecule has 0 unspecified atom stereocenters. The highest BCUT2D eigenvalue weighted by atomic mass is 32.1. The van der Waals surface area contributed by atoms with E-state index >= 15 is 0 Å². The number of rotatable bonds is 11. The van der Waals surface area contributed by atoms with Crippen molar-refractivity contribution in [3.63, 3.8) is 0 Å². The third-order valence-corrected chi connectivity index (χ3v) is 6.03. The predicted octanol–water partition coefficient (Wildman–Crippen LogP) is 4.06. The van der Waals surface area contributed by atoms with Gasteiger partial charge in [0, 0.05) is 26.4 Å². The van der Waals surface area contributed by atoms with Crippen molar-refractivity contribution in [2.24, 2.45) is 0 Å². The molecule has 0 bridgehead atoms. The number of amides is 2. The van der Waals surface area contributed by atoms with E-state index in [0.717, 1.165) is 11.1 Å². The lowest BCUT2D eigenvalue weighted by molar-refractivity contribution is -0.144. The van der Waals surface area contributed by atoms with Gasteiger partial charge in [0.05, 0.1) is 24.3 Å². The highest BCUT2D eigenvalue weighted by Gasteiger charge is 2.18. The standard InChI is InChI=1S/C29H31N3O4S/c1-32(25-15-9-8-14-24(25)28(35)30-20-18-22-10-4-2-5-11-22)29(37)31-26(33)16-17-27(34)36-21-19-23-12-6-3-7-13-23/h2-15H,16-21H2,1H3,(H,30,35)(H,31,33,37). The van der Waals surface area contributed by atoms with Crippen molar-refractivity contribution < 1.29 is 19.1 Å². The van der Waals surface area contributed by atoms with Crippen LogP contribution in [0, 0.1) is 0 Å². The molecule has 0 saturated carbocycles. The van der Waals surface area contributed by atoms with Crippen LogP contribution >= 0.6 is 12.2 Å². The topological polar surface area (TPSA) is 87.7 Å². The smallest absolute Gasteiger partial charge is 0.306 e. The molecule has 3 rings (SSSR count). The molecule has 8 heteroatoms. The summed E-state index contributed by atoms with van der Waals surface area (Å²) in [7, 11) is 1.68. The van der Waals surface area contributed by atoms with Crippen LogP contribution in [0.5, 0.6) is 0 Å². The third-order valence-electron chi connectivity index (χ3n) is 5.66. The van der Waals surface area contributed by atoms with Gasteiger partial charge in [-0.3, -0.25) is 14.4 Å². The highest BCUT2D eigenvalue weighted by Crippen LogP contribution is 2.19. The average Bonchev–Trinajstić information content (AvgIpc) is 2.92. The van der Waals surface area contributed by atoms with Crippen LogP contribution in [-0.4, -0.2) is 43.1 Å². The zero-order valence-electron chi connectivity index (χ0n) is 20.8. The van der Waals surface area contributed by atoms with Gasteiger partial charge in [-0.1, -0.05) is 72.8 Å². The van der Waals surface area contributed by atoms with Gasteiger partial charge in [-0.15, -0.1) is 0 Å². The maximum Gasteiger partial charge on any atom is 0.306 e. The molecule has 7 nitrogen and oxygen atoms in total. The summed E-state index contributed by atoms with van der Waals surface area (Å²) in [6, 6.07) is 26.7.